The molecule has 0 aliphatic carbocycles. The second-order valence-corrected chi connectivity index (χ2v) is 5.17. The van der Waals surface area contributed by atoms with Crippen molar-refractivity contribution >= 4 is 11.9 Å². The maximum atomic E-state index is 11.8. The first-order valence-electron chi connectivity index (χ1n) is 6.87. The number of hydrogen-bond acceptors (Lipinski definition) is 2. The number of rotatable bonds is 6. The molecule has 0 fully saturated rings. The molecule has 1 aromatic rings. The Labute approximate surface area is 120 Å². The first-order chi connectivity index (χ1) is 9.49. The number of aliphatic imine (C=N–C) groups is 1. The summed E-state index contributed by atoms with van der Waals surface area (Å²) in [6.45, 7) is 7.92. The lowest BCUT2D eigenvalue weighted by atomic mass is 10.1. The highest BCUT2D eigenvalue weighted by Gasteiger charge is 2.03. The standard InChI is InChI=1S/C15H24N4O/c1-11(2)10-19-15(16)18-9-8-17-14(20)13-6-4-12(3)5-7-13/h4-7,11H,8-10H2,1-3H3,(H,17,20)(H3,16,18,19). The number of hydrogen-bond donors (Lipinski definition) is 3. The minimum atomic E-state index is -0.0792. The van der Waals surface area contributed by atoms with Crippen molar-refractivity contribution in [3.63, 3.8) is 0 Å². The second kappa shape index (κ2) is 8.19. The van der Waals surface area contributed by atoms with Crippen molar-refractivity contribution in [1.82, 2.24) is 10.6 Å². The van der Waals surface area contributed by atoms with Gasteiger partial charge in [-0.15, -0.1) is 0 Å². The van der Waals surface area contributed by atoms with E-state index in [1.807, 2.05) is 31.2 Å². The van der Waals surface area contributed by atoms with Gasteiger partial charge in [-0.1, -0.05) is 31.5 Å². The molecule has 0 atom stereocenters. The van der Waals surface area contributed by atoms with Crippen LogP contribution in [0.1, 0.15) is 29.8 Å². The van der Waals surface area contributed by atoms with E-state index < -0.39 is 0 Å². The summed E-state index contributed by atoms with van der Waals surface area (Å²) in [7, 11) is 0. The lowest BCUT2D eigenvalue weighted by Gasteiger charge is -2.08. The summed E-state index contributed by atoms with van der Waals surface area (Å²) < 4.78 is 0. The SMILES string of the molecule is Cc1ccc(C(=O)NCCNC(N)=NCC(C)C)cc1. The Kier molecular flexibility index (Phi) is 6.56. The molecule has 0 saturated carbocycles. The zero-order chi connectivity index (χ0) is 15.0. The minimum absolute atomic E-state index is 0.0792. The summed E-state index contributed by atoms with van der Waals surface area (Å²) in [5.41, 5.74) is 7.49. The van der Waals surface area contributed by atoms with Crippen molar-refractivity contribution in [2.45, 2.75) is 20.8 Å². The Morgan fingerprint density at radius 2 is 1.80 bits per heavy atom. The highest BCUT2D eigenvalue weighted by molar-refractivity contribution is 5.94. The minimum Gasteiger partial charge on any atom is -0.370 e. The molecule has 1 rings (SSSR count). The van der Waals surface area contributed by atoms with Gasteiger partial charge in [-0.3, -0.25) is 9.79 Å². The van der Waals surface area contributed by atoms with E-state index in [2.05, 4.69) is 29.5 Å². The van der Waals surface area contributed by atoms with E-state index >= 15 is 0 Å². The maximum absolute atomic E-state index is 11.8. The fourth-order valence-corrected chi connectivity index (χ4v) is 1.51. The average Bonchev–Trinajstić information content (AvgIpc) is 2.42. The van der Waals surface area contributed by atoms with Crippen molar-refractivity contribution in [2.75, 3.05) is 19.6 Å². The van der Waals surface area contributed by atoms with Gasteiger partial charge in [0.2, 0.25) is 0 Å². The predicted octanol–water partition coefficient (Wildman–Crippen LogP) is 1.29. The smallest absolute Gasteiger partial charge is 0.251 e. The highest BCUT2D eigenvalue weighted by atomic mass is 16.1. The first kappa shape index (κ1) is 16.0. The summed E-state index contributed by atoms with van der Waals surface area (Å²) in [5.74, 6) is 0.823. The quantitative estimate of drug-likeness (QED) is 0.416. The van der Waals surface area contributed by atoms with Gasteiger partial charge in [-0.25, -0.2) is 0 Å². The van der Waals surface area contributed by atoms with Crippen molar-refractivity contribution in [3.8, 4) is 0 Å². The maximum Gasteiger partial charge on any atom is 0.251 e. The van der Waals surface area contributed by atoms with E-state index in [1.54, 1.807) is 0 Å². The third-order valence-corrected chi connectivity index (χ3v) is 2.66. The van der Waals surface area contributed by atoms with Crippen molar-refractivity contribution in [2.24, 2.45) is 16.6 Å². The van der Waals surface area contributed by atoms with E-state index in [0.29, 0.717) is 37.1 Å². The van der Waals surface area contributed by atoms with Crippen LogP contribution in [-0.4, -0.2) is 31.5 Å². The number of guanidine groups is 1. The van der Waals surface area contributed by atoms with E-state index in [1.165, 1.54) is 0 Å². The van der Waals surface area contributed by atoms with Crippen molar-refractivity contribution in [3.05, 3.63) is 35.4 Å². The molecule has 0 radical (unpaired) electrons. The molecule has 20 heavy (non-hydrogen) atoms. The predicted molar refractivity (Wildman–Crippen MR) is 82.8 cm³/mol. The molecule has 0 aliphatic heterocycles. The van der Waals surface area contributed by atoms with Crippen LogP contribution in [0.5, 0.6) is 0 Å². The summed E-state index contributed by atoms with van der Waals surface area (Å²) in [5, 5.41) is 5.79. The van der Waals surface area contributed by atoms with E-state index in [-0.39, 0.29) is 5.91 Å². The molecule has 1 amide bonds. The zero-order valence-electron chi connectivity index (χ0n) is 12.4. The van der Waals surface area contributed by atoms with Gasteiger partial charge >= 0.3 is 0 Å². The molecular formula is C15H24N4O. The van der Waals surface area contributed by atoms with Crippen LogP contribution >= 0.6 is 0 Å². The van der Waals surface area contributed by atoms with Crippen molar-refractivity contribution in [1.29, 1.82) is 0 Å². The summed E-state index contributed by atoms with van der Waals surface area (Å²) >= 11 is 0. The number of carbonyl (C=O) groups excluding carboxylic acids is 1. The van der Waals surface area contributed by atoms with E-state index in [9.17, 15) is 4.79 Å². The third-order valence-electron chi connectivity index (χ3n) is 2.66. The van der Waals surface area contributed by atoms with Crippen LogP contribution in [0, 0.1) is 12.8 Å². The Balaban J connectivity index is 2.25. The Hall–Kier alpha value is -2.04. The largest absolute Gasteiger partial charge is 0.370 e. The number of nitrogens with zero attached hydrogens (tertiary/aromatic N) is 1. The fourth-order valence-electron chi connectivity index (χ4n) is 1.51. The normalized spacial score (nSPS) is 11.5. The molecule has 5 heteroatoms. The van der Waals surface area contributed by atoms with Crippen LogP contribution in [-0.2, 0) is 0 Å². The van der Waals surface area contributed by atoms with Crippen LogP contribution in [0.2, 0.25) is 0 Å². The van der Waals surface area contributed by atoms with Gasteiger partial charge in [-0.2, -0.15) is 0 Å². The average molecular weight is 276 g/mol. The lowest BCUT2D eigenvalue weighted by molar-refractivity contribution is 0.0954. The fraction of sp³-hybridized carbons (Fsp3) is 0.467. The number of benzene rings is 1. The van der Waals surface area contributed by atoms with Gasteiger partial charge < -0.3 is 16.4 Å². The molecule has 5 nitrogen and oxygen atoms in total. The lowest BCUT2D eigenvalue weighted by Crippen LogP contribution is -2.38. The number of amides is 1. The van der Waals surface area contributed by atoms with Gasteiger partial charge in [0.15, 0.2) is 5.96 Å². The molecule has 110 valence electrons. The molecule has 0 spiro atoms. The topological polar surface area (TPSA) is 79.5 Å². The Bertz CT molecular complexity index is 451. The van der Waals surface area contributed by atoms with Crippen LogP contribution < -0.4 is 16.4 Å². The van der Waals surface area contributed by atoms with Gasteiger partial charge in [-0.05, 0) is 25.0 Å². The van der Waals surface area contributed by atoms with E-state index in [0.717, 1.165) is 5.56 Å². The van der Waals surface area contributed by atoms with Gasteiger partial charge in [0.25, 0.3) is 5.91 Å². The summed E-state index contributed by atoms with van der Waals surface area (Å²) in [6.07, 6.45) is 0. The molecular weight excluding hydrogens is 252 g/mol. The Morgan fingerprint density at radius 1 is 1.20 bits per heavy atom. The monoisotopic (exact) mass is 276 g/mol. The number of nitrogens with two attached hydrogens (primary N) is 1. The molecule has 0 saturated heterocycles. The van der Waals surface area contributed by atoms with Crippen LogP contribution in [0.25, 0.3) is 0 Å². The molecule has 0 bridgehead atoms. The molecule has 1 aromatic carbocycles. The molecule has 0 unspecified atom stereocenters. The van der Waals surface area contributed by atoms with Gasteiger partial charge in [0.05, 0.1) is 0 Å². The molecule has 0 aliphatic rings. The van der Waals surface area contributed by atoms with Crippen LogP contribution in [0.3, 0.4) is 0 Å². The molecule has 4 N–H and O–H groups in total. The zero-order valence-corrected chi connectivity index (χ0v) is 12.4. The number of carbonyl (C=O) groups is 1. The second-order valence-electron chi connectivity index (χ2n) is 5.17. The number of nitrogens with one attached hydrogen (secondary N) is 2. The van der Waals surface area contributed by atoms with E-state index in [4.69, 9.17) is 5.73 Å². The van der Waals surface area contributed by atoms with Crippen LogP contribution in [0.15, 0.2) is 29.3 Å². The Morgan fingerprint density at radius 3 is 2.40 bits per heavy atom. The summed E-state index contributed by atoms with van der Waals surface area (Å²) in [4.78, 5) is 16.0. The third kappa shape index (κ3) is 6.22. The van der Waals surface area contributed by atoms with Crippen LogP contribution in [0.4, 0.5) is 0 Å². The van der Waals surface area contributed by atoms with Gasteiger partial charge in [0, 0.05) is 25.2 Å². The molecule has 0 heterocycles. The number of aryl methyl sites for hydroxylation is 1. The highest BCUT2D eigenvalue weighted by Crippen LogP contribution is 2.02. The van der Waals surface area contributed by atoms with Crippen molar-refractivity contribution < 1.29 is 4.79 Å². The summed E-state index contributed by atoms with van der Waals surface area (Å²) in [6, 6.07) is 7.47. The first-order valence-corrected chi connectivity index (χ1v) is 6.87. The van der Waals surface area contributed by atoms with Gasteiger partial charge in [0.1, 0.15) is 0 Å². The molecule has 0 aromatic heterocycles.